The van der Waals surface area contributed by atoms with Crippen molar-refractivity contribution in [1.29, 1.82) is 0 Å². The van der Waals surface area contributed by atoms with Crippen molar-refractivity contribution < 1.29 is 14.3 Å². The molecule has 1 aliphatic heterocycles. The normalized spacial score (nSPS) is 14.9. The van der Waals surface area contributed by atoms with E-state index in [0.717, 1.165) is 33.0 Å². The van der Waals surface area contributed by atoms with Gasteiger partial charge in [0.1, 0.15) is 12.4 Å². The lowest BCUT2D eigenvalue weighted by Crippen LogP contribution is -2.39. The monoisotopic (exact) mass is 608 g/mol. The van der Waals surface area contributed by atoms with Gasteiger partial charge in [-0.1, -0.05) is 95.2 Å². The average Bonchev–Trinajstić information content (AvgIpc) is 3.30. The maximum absolute atomic E-state index is 14.2. The van der Waals surface area contributed by atoms with Crippen molar-refractivity contribution in [1.82, 2.24) is 4.57 Å². The van der Waals surface area contributed by atoms with Crippen molar-refractivity contribution in [3.63, 3.8) is 0 Å². The minimum Gasteiger partial charge on any atom is -0.488 e. The summed E-state index contributed by atoms with van der Waals surface area (Å²) in [6, 6.07) is 26.6. The summed E-state index contributed by atoms with van der Waals surface area (Å²) in [5.41, 5.74) is 4.28. The van der Waals surface area contributed by atoms with Crippen LogP contribution in [0.15, 0.2) is 106 Å². The van der Waals surface area contributed by atoms with Crippen molar-refractivity contribution >= 4 is 45.8 Å². The number of aryl methyl sites for hydroxylation is 1. The van der Waals surface area contributed by atoms with E-state index in [1.807, 2.05) is 97.9 Å². The van der Waals surface area contributed by atoms with Crippen molar-refractivity contribution in [3.05, 3.63) is 143 Å². The molecule has 43 heavy (non-hydrogen) atoms. The Hall–Kier alpha value is -4.46. The van der Waals surface area contributed by atoms with Crippen LogP contribution in [0.1, 0.15) is 42.1 Å². The molecule has 0 spiro atoms. The highest BCUT2D eigenvalue weighted by Crippen LogP contribution is 2.32. The van der Waals surface area contributed by atoms with Crippen LogP contribution in [0.5, 0.6) is 5.75 Å². The number of esters is 1. The zero-order valence-electron chi connectivity index (χ0n) is 24.0. The van der Waals surface area contributed by atoms with Gasteiger partial charge >= 0.3 is 5.97 Å². The van der Waals surface area contributed by atoms with Crippen molar-refractivity contribution in [2.75, 3.05) is 6.61 Å². The lowest BCUT2D eigenvalue weighted by atomic mass is 9.95. The molecule has 5 aromatic rings. The van der Waals surface area contributed by atoms with E-state index in [1.54, 1.807) is 18.4 Å². The van der Waals surface area contributed by atoms with Gasteiger partial charge in [-0.2, -0.15) is 0 Å². The second kappa shape index (κ2) is 12.0. The molecule has 4 aromatic carbocycles. The van der Waals surface area contributed by atoms with E-state index in [-0.39, 0.29) is 12.2 Å². The molecular formula is C35H29ClN2O4S. The number of thiazole rings is 1. The molecule has 0 saturated heterocycles. The summed E-state index contributed by atoms with van der Waals surface area (Å²) in [6.07, 6.45) is 1.87. The summed E-state index contributed by atoms with van der Waals surface area (Å²) in [4.78, 5) is 32.6. The van der Waals surface area contributed by atoms with Crippen LogP contribution in [-0.2, 0) is 16.1 Å². The first-order valence-electron chi connectivity index (χ1n) is 14.0. The zero-order valence-corrected chi connectivity index (χ0v) is 25.5. The molecule has 0 aliphatic carbocycles. The molecule has 1 aromatic heterocycles. The number of aromatic nitrogens is 1. The van der Waals surface area contributed by atoms with Crippen LogP contribution in [-0.4, -0.2) is 17.1 Å². The maximum atomic E-state index is 14.2. The SMILES string of the molecule is CCOC(=O)C1=C(C)N=c2s/c(=C\c3c(OCc4cccc(Cl)c4)ccc4ccccc34)c(=O)n2[C@H]1c1ccc(C)cc1. The summed E-state index contributed by atoms with van der Waals surface area (Å²) in [5, 5.41) is 2.62. The summed E-state index contributed by atoms with van der Waals surface area (Å²) in [5.74, 6) is 0.164. The van der Waals surface area contributed by atoms with Gasteiger partial charge in [0.2, 0.25) is 0 Å². The maximum Gasteiger partial charge on any atom is 0.338 e. The second-order valence-corrected chi connectivity index (χ2v) is 11.8. The molecule has 2 heterocycles. The molecule has 0 bridgehead atoms. The smallest absolute Gasteiger partial charge is 0.338 e. The Labute approximate surface area is 257 Å². The third-order valence-corrected chi connectivity index (χ3v) is 8.62. The van der Waals surface area contributed by atoms with E-state index < -0.39 is 12.0 Å². The highest BCUT2D eigenvalue weighted by Gasteiger charge is 2.33. The van der Waals surface area contributed by atoms with Crippen molar-refractivity contribution in [3.8, 4) is 5.75 Å². The number of hydrogen-bond donors (Lipinski definition) is 0. The molecule has 1 atom stereocenters. The van der Waals surface area contributed by atoms with Gasteiger partial charge in [0.25, 0.3) is 5.56 Å². The highest BCUT2D eigenvalue weighted by atomic mass is 35.5. The molecule has 0 saturated carbocycles. The Morgan fingerprint density at radius 2 is 1.81 bits per heavy atom. The predicted octanol–water partition coefficient (Wildman–Crippen LogP) is 6.49. The molecule has 0 N–H and O–H groups in total. The predicted molar refractivity (Wildman–Crippen MR) is 171 cm³/mol. The van der Waals surface area contributed by atoms with Crippen LogP contribution in [0.25, 0.3) is 16.8 Å². The number of benzene rings is 4. The molecular weight excluding hydrogens is 580 g/mol. The van der Waals surface area contributed by atoms with E-state index in [4.69, 9.17) is 26.1 Å². The summed E-state index contributed by atoms with van der Waals surface area (Å²) < 4.78 is 13.8. The van der Waals surface area contributed by atoms with E-state index in [2.05, 4.69) is 0 Å². The molecule has 6 rings (SSSR count). The number of carbonyl (C=O) groups is 1. The second-order valence-electron chi connectivity index (χ2n) is 10.3. The molecule has 0 radical (unpaired) electrons. The minimum atomic E-state index is -0.663. The summed E-state index contributed by atoms with van der Waals surface area (Å²) in [6.45, 7) is 6.09. The van der Waals surface area contributed by atoms with Crippen LogP contribution < -0.4 is 19.6 Å². The van der Waals surface area contributed by atoms with Crippen LogP contribution in [0, 0.1) is 6.92 Å². The number of nitrogens with zero attached hydrogens (tertiary/aromatic N) is 2. The van der Waals surface area contributed by atoms with Gasteiger partial charge in [-0.15, -0.1) is 0 Å². The Morgan fingerprint density at radius 3 is 2.58 bits per heavy atom. The number of carbonyl (C=O) groups excluding carboxylic acids is 1. The quantitative estimate of drug-likeness (QED) is 0.198. The Kier molecular flexibility index (Phi) is 8.02. The topological polar surface area (TPSA) is 69.9 Å². The van der Waals surface area contributed by atoms with Crippen LogP contribution in [0.4, 0.5) is 0 Å². The molecule has 0 fully saturated rings. The Balaban J connectivity index is 1.52. The number of allylic oxidation sites excluding steroid dienone is 1. The first-order chi connectivity index (χ1) is 20.8. The highest BCUT2D eigenvalue weighted by molar-refractivity contribution is 7.07. The van der Waals surface area contributed by atoms with Crippen molar-refractivity contribution in [2.45, 2.75) is 33.4 Å². The van der Waals surface area contributed by atoms with Crippen LogP contribution in [0.3, 0.4) is 0 Å². The van der Waals surface area contributed by atoms with E-state index >= 15 is 0 Å². The van der Waals surface area contributed by atoms with Gasteiger partial charge in [0, 0.05) is 10.6 Å². The minimum absolute atomic E-state index is 0.222. The number of fused-ring (bicyclic) bond motifs is 2. The van der Waals surface area contributed by atoms with Crippen LogP contribution in [0.2, 0.25) is 5.02 Å². The van der Waals surface area contributed by atoms with E-state index in [1.165, 1.54) is 11.3 Å². The molecule has 216 valence electrons. The van der Waals surface area contributed by atoms with Gasteiger partial charge in [0.15, 0.2) is 4.80 Å². The molecule has 0 unspecified atom stereocenters. The number of hydrogen-bond acceptors (Lipinski definition) is 6. The zero-order chi connectivity index (χ0) is 30.1. The third-order valence-electron chi connectivity index (χ3n) is 7.40. The third kappa shape index (κ3) is 5.66. The molecule has 0 amide bonds. The van der Waals surface area contributed by atoms with E-state index in [9.17, 15) is 9.59 Å². The standard InChI is InChI=1S/C35H29ClN2O4S/c1-4-41-34(40)31-22(3)37-35-38(32(31)25-14-12-21(2)13-15-25)33(39)30(43-35)19-28-27-11-6-5-9-24(27)16-17-29(28)42-20-23-8-7-10-26(36)18-23/h5-19,32H,4,20H2,1-3H3/b30-19-/t32-/m0/s1. The molecule has 6 nitrogen and oxygen atoms in total. The first kappa shape index (κ1) is 28.6. The number of halogens is 1. The lowest BCUT2D eigenvalue weighted by Gasteiger charge is -2.24. The average molecular weight is 609 g/mol. The van der Waals surface area contributed by atoms with Gasteiger partial charge in [-0.05, 0) is 66.9 Å². The molecule has 8 heteroatoms. The number of ether oxygens (including phenoxy) is 2. The molecule has 1 aliphatic rings. The van der Waals surface area contributed by atoms with Gasteiger partial charge in [0.05, 0.1) is 28.5 Å². The summed E-state index contributed by atoms with van der Waals surface area (Å²) in [7, 11) is 0. The van der Waals surface area contributed by atoms with Gasteiger partial charge < -0.3 is 9.47 Å². The lowest BCUT2D eigenvalue weighted by molar-refractivity contribution is -0.139. The van der Waals surface area contributed by atoms with Gasteiger partial charge in [-0.25, -0.2) is 9.79 Å². The largest absolute Gasteiger partial charge is 0.488 e. The Bertz CT molecular complexity index is 2080. The number of rotatable bonds is 7. The Morgan fingerprint density at radius 1 is 1.02 bits per heavy atom. The van der Waals surface area contributed by atoms with E-state index in [0.29, 0.717) is 38.0 Å². The fourth-order valence-electron chi connectivity index (χ4n) is 5.32. The summed E-state index contributed by atoms with van der Waals surface area (Å²) >= 11 is 7.48. The van der Waals surface area contributed by atoms with Crippen molar-refractivity contribution in [2.24, 2.45) is 4.99 Å². The van der Waals surface area contributed by atoms with Crippen LogP contribution >= 0.6 is 22.9 Å². The fraction of sp³-hybridized carbons (Fsp3) is 0.171. The van der Waals surface area contributed by atoms with Gasteiger partial charge in [-0.3, -0.25) is 9.36 Å². The fourth-order valence-corrected chi connectivity index (χ4v) is 6.57. The first-order valence-corrected chi connectivity index (χ1v) is 15.2.